The van der Waals surface area contributed by atoms with Gasteiger partial charge in [-0.05, 0) is 6.07 Å². The molecule has 0 aromatic carbocycles. The van der Waals surface area contributed by atoms with Crippen LogP contribution < -0.4 is 4.74 Å². The van der Waals surface area contributed by atoms with E-state index in [1.54, 1.807) is 12.1 Å². The van der Waals surface area contributed by atoms with Gasteiger partial charge in [-0.25, -0.2) is 4.98 Å². The Bertz CT molecular complexity index is 288. The standard InChI is InChI=1S/C7H8N2O3/c1-12-7-4-6(2-3-8-7)5-9(10)11/h2-4H,5H2,1H3. The molecule has 5 nitrogen and oxygen atoms in total. The molecule has 0 atom stereocenters. The van der Waals surface area contributed by atoms with E-state index in [1.165, 1.54) is 13.3 Å². The van der Waals surface area contributed by atoms with E-state index in [9.17, 15) is 10.1 Å². The van der Waals surface area contributed by atoms with Crippen LogP contribution in [-0.4, -0.2) is 17.0 Å². The summed E-state index contributed by atoms with van der Waals surface area (Å²) in [4.78, 5) is 13.5. The third kappa shape index (κ3) is 2.19. The normalized spacial score (nSPS) is 9.42. The highest BCUT2D eigenvalue weighted by Crippen LogP contribution is 2.08. The summed E-state index contributed by atoms with van der Waals surface area (Å²) in [5.41, 5.74) is 0.590. The van der Waals surface area contributed by atoms with Crippen molar-refractivity contribution >= 4 is 0 Å². The largest absolute Gasteiger partial charge is 0.481 e. The van der Waals surface area contributed by atoms with Crippen molar-refractivity contribution in [3.8, 4) is 5.88 Å². The van der Waals surface area contributed by atoms with Gasteiger partial charge in [-0.1, -0.05) is 0 Å². The number of ether oxygens (including phenoxy) is 1. The zero-order chi connectivity index (χ0) is 8.97. The van der Waals surface area contributed by atoms with Crippen molar-refractivity contribution in [1.29, 1.82) is 0 Å². The molecule has 1 aromatic heterocycles. The molecule has 1 aromatic rings. The Morgan fingerprint density at radius 2 is 2.50 bits per heavy atom. The van der Waals surface area contributed by atoms with E-state index in [0.717, 1.165) is 0 Å². The van der Waals surface area contributed by atoms with Gasteiger partial charge >= 0.3 is 0 Å². The molecule has 12 heavy (non-hydrogen) atoms. The van der Waals surface area contributed by atoms with Crippen LogP contribution in [0.15, 0.2) is 18.3 Å². The lowest BCUT2D eigenvalue weighted by atomic mass is 10.3. The molecule has 0 spiro atoms. The first-order chi connectivity index (χ1) is 5.72. The highest BCUT2D eigenvalue weighted by atomic mass is 16.6. The van der Waals surface area contributed by atoms with Gasteiger partial charge in [-0.3, -0.25) is 10.1 Å². The number of pyridine rings is 1. The molecule has 1 heterocycles. The molecule has 0 unspecified atom stereocenters. The Balaban J connectivity index is 2.79. The van der Waals surface area contributed by atoms with Crippen molar-refractivity contribution in [3.05, 3.63) is 34.0 Å². The van der Waals surface area contributed by atoms with E-state index >= 15 is 0 Å². The van der Waals surface area contributed by atoms with Crippen LogP contribution in [0.4, 0.5) is 0 Å². The maximum absolute atomic E-state index is 10.1. The highest BCUT2D eigenvalue weighted by molar-refractivity contribution is 5.19. The number of hydrogen-bond acceptors (Lipinski definition) is 4. The lowest BCUT2D eigenvalue weighted by Crippen LogP contribution is -1.98. The smallest absolute Gasteiger partial charge is 0.229 e. The summed E-state index contributed by atoms with van der Waals surface area (Å²) in [5, 5.41) is 10.1. The Hall–Kier alpha value is -1.65. The van der Waals surface area contributed by atoms with Gasteiger partial charge in [0.1, 0.15) is 0 Å². The fourth-order valence-corrected chi connectivity index (χ4v) is 0.809. The quantitative estimate of drug-likeness (QED) is 0.496. The monoisotopic (exact) mass is 168 g/mol. The maximum atomic E-state index is 10.1. The average molecular weight is 168 g/mol. The predicted octanol–water partition coefficient (Wildman–Crippen LogP) is 0.867. The summed E-state index contributed by atoms with van der Waals surface area (Å²) in [7, 11) is 1.47. The Kier molecular flexibility index (Phi) is 2.57. The molecule has 0 fully saturated rings. The van der Waals surface area contributed by atoms with Gasteiger partial charge in [-0.15, -0.1) is 0 Å². The molecule has 0 amide bonds. The van der Waals surface area contributed by atoms with Crippen LogP contribution in [0.5, 0.6) is 5.88 Å². The first-order valence-electron chi connectivity index (χ1n) is 3.33. The van der Waals surface area contributed by atoms with E-state index in [0.29, 0.717) is 11.4 Å². The molecule has 0 saturated heterocycles. The lowest BCUT2D eigenvalue weighted by molar-refractivity contribution is -0.496. The molecule has 0 N–H and O–H groups in total. The first kappa shape index (κ1) is 8.45. The number of nitrogens with zero attached hydrogens (tertiary/aromatic N) is 2. The zero-order valence-corrected chi connectivity index (χ0v) is 6.56. The van der Waals surface area contributed by atoms with Gasteiger partial charge in [0, 0.05) is 22.7 Å². The minimum atomic E-state index is -0.394. The van der Waals surface area contributed by atoms with Gasteiger partial charge in [0.05, 0.1) is 7.11 Å². The van der Waals surface area contributed by atoms with Crippen LogP contribution in [-0.2, 0) is 6.54 Å². The molecule has 0 radical (unpaired) electrons. The van der Waals surface area contributed by atoms with Crippen LogP contribution >= 0.6 is 0 Å². The van der Waals surface area contributed by atoms with Crippen molar-refractivity contribution in [1.82, 2.24) is 4.98 Å². The van der Waals surface area contributed by atoms with E-state index in [4.69, 9.17) is 4.74 Å². The van der Waals surface area contributed by atoms with Crippen molar-refractivity contribution in [2.45, 2.75) is 6.54 Å². The minimum absolute atomic E-state index is 0.196. The van der Waals surface area contributed by atoms with Crippen molar-refractivity contribution in [3.63, 3.8) is 0 Å². The lowest BCUT2D eigenvalue weighted by Gasteiger charge is -1.98. The van der Waals surface area contributed by atoms with Gasteiger partial charge in [-0.2, -0.15) is 0 Å². The first-order valence-corrected chi connectivity index (χ1v) is 3.33. The van der Waals surface area contributed by atoms with Crippen LogP contribution in [0, 0.1) is 10.1 Å². The number of nitro groups is 1. The molecule has 1 rings (SSSR count). The summed E-state index contributed by atoms with van der Waals surface area (Å²) in [6.45, 7) is -0.196. The Morgan fingerprint density at radius 3 is 3.08 bits per heavy atom. The molecule has 0 bridgehead atoms. The molecule has 0 aliphatic heterocycles. The second kappa shape index (κ2) is 3.66. The molecular weight excluding hydrogens is 160 g/mol. The fraction of sp³-hybridized carbons (Fsp3) is 0.286. The van der Waals surface area contributed by atoms with Crippen LogP contribution in [0.25, 0.3) is 0 Å². The van der Waals surface area contributed by atoms with Crippen molar-refractivity contribution in [2.75, 3.05) is 7.11 Å². The van der Waals surface area contributed by atoms with Crippen LogP contribution in [0.2, 0.25) is 0 Å². The zero-order valence-electron chi connectivity index (χ0n) is 6.56. The summed E-state index contributed by atoms with van der Waals surface area (Å²) in [5.74, 6) is 0.398. The molecule has 0 aliphatic carbocycles. The third-order valence-corrected chi connectivity index (χ3v) is 1.32. The van der Waals surface area contributed by atoms with Crippen LogP contribution in [0.3, 0.4) is 0 Å². The van der Waals surface area contributed by atoms with E-state index in [-0.39, 0.29) is 6.54 Å². The SMILES string of the molecule is COc1cc(C[N+](=O)[O-])ccn1. The summed E-state index contributed by atoms with van der Waals surface area (Å²) in [6, 6.07) is 3.13. The van der Waals surface area contributed by atoms with Crippen molar-refractivity contribution < 1.29 is 9.66 Å². The fourth-order valence-electron chi connectivity index (χ4n) is 0.809. The molecule has 0 saturated carbocycles. The predicted molar refractivity (Wildman–Crippen MR) is 41.5 cm³/mol. The number of rotatable bonds is 3. The van der Waals surface area contributed by atoms with Gasteiger partial charge < -0.3 is 4.74 Å². The maximum Gasteiger partial charge on any atom is 0.229 e. The Labute approximate surface area is 69.1 Å². The molecule has 5 heteroatoms. The minimum Gasteiger partial charge on any atom is -0.481 e. The third-order valence-electron chi connectivity index (χ3n) is 1.32. The molecule has 64 valence electrons. The van der Waals surface area contributed by atoms with E-state index in [1.807, 2.05) is 0 Å². The highest BCUT2D eigenvalue weighted by Gasteiger charge is 2.02. The number of aromatic nitrogens is 1. The Morgan fingerprint density at radius 1 is 1.75 bits per heavy atom. The molecular formula is C7H8N2O3. The van der Waals surface area contributed by atoms with Gasteiger partial charge in [0.25, 0.3) is 0 Å². The second-order valence-corrected chi connectivity index (χ2v) is 2.20. The topological polar surface area (TPSA) is 65.3 Å². The van der Waals surface area contributed by atoms with Gasteiger partial charge in [0.15, 0.2) is 0 Å². The average Bonchev–Trinajstić information content (AvgIpc) is 2.03. The summed E-state index contributed by atoms with van der Waals surface area (Å²) in [6.07, 6.45) is 1.48. The number of hydrogen-bond donors (Lipinski definition) is 0. The summed E-state index contributed by atoms with van der Waals surface area (Å²) < 4.78 is 4.80. The molecule has 0 aliphatic rings. The van der Waals surface area contributed by atoms with E-state index < -0.39 is 4.92 Å². The van der Waals surface area contributed by atoms with Crippen molar-refractivity contribution in [2.24, 2.45) is 0 Å². The number of methoxy groups -OCH3 is 1. The second-order valence-electron chi connectivity index (χ2n) is 2.20. The van der Waals surface area contributed by atoms with Gasteiger partial charge in [0.2, 0.25) is 12.4 Å². The van der Waals surface area contributed by atoms with Crippen LogP contribution in [0.1, 0.15) is 5.56 Å². The summed E-state index contributed by atoms with van der Waals surface area (Å²) >= 11 is 0. The van der Waals surface area contributed by atoms with E-state index in [2.05, 4.69) is 4.98 Å².